The average Bonchev–Trinajstić information content (AvgIpc) is 2.76. The molecule has 0 amide bonds. The van der Waals surface area contributed by atoms with Gasteiger partial charge < -0.3 is 24.5 Å². The lowest BCUT2D eigenvalue weighted by Crippen LogP contribution is -2.32. The van der Waals surface area contributed by atoms with Gasteiger partial charge in [-0.3, -0.25) is 9.13 Å². The normalized spacial score (nSPS) is 16.0. The molecular formula is C26H35NO6P2. The van der Waals surface area contributed by atoms with Crippen LogP contribution in [0.2, 0.25) is 0 Å². The second-order valence-electron chi connectivity index (χ2n) is 9.63. The number of allylic oxidation sites excluding steroid dienone is 2. The zero-order valence-corrected chi connectivity index (χ0v) is 22.4. The Balaban J connectivity index is 2.00. The van der Waals surface area contributed by atoms with E-state index in [4.69, 9.17) is 0 Å². The van der Waals surface area contributed by atoms with Gasteiger partial charge in [-0.25, -0.2) is 0 Å². The SMILES string of the molecule is Cc1ccc(N(c2ccc(C)c(C)c2)C2C=CC(CCP(=O)(O)O)(CCP(=O)(O)O)C=C2)cc1C. The molecule has 2 aromatic carbocycles. The first-order valence-electron chi connectivity index (χ1n) is 11.6. The fraction of sp³-hybridized carbons (Fsp3) is 0.385. The molecule has 0 heterocycles. The first-order valence-corrected chi connectivity index (χ1v) is 15.2. The van der Waals surface area contributed by atoms with Gasteiger partial charge in [0.25, 0.3) is 0 Å². The molecule has 0 saturated carbocycles. The van der Waals surface area contributed by atoms with E-state index in [1.165, 1.54) is 11.1 Å². The molecule has 2 aromatic rings. The first-order chi connectivity index (χ1) is 16.2. The van der Waals surface area contributed by atoms with E-state index >= 15 is 0 Å². The van der Waals surface area contributed by atoms with Gasteiger partial charge in [0.2, 0.25) is 0 Å². The molecular weight excluding hydrogens is 484 g/mol. The minimum absolute atomic E-state index is 0.101. The molecule has 3 rings (SSSR count). The number of nitrogens with zero attached hydrogens (tertiary/aromatic N) is 1. The van der Waals surface area contributed by atoms with Crippen LogP contribution in [0, 0.1) is 33.1 Å². The van der Waals surface area contributed by atoms with Crippen molar-refractivity contribution in [3.05, 3.63) is 83.0 Å². The molecule has 1 aliphatic rings. The molecule has 0 aromatic heterocycles. The van der Waals surface area contributed by atoms with Crippen LogP contribution in [0.15, 0.2) is 60.7 Å². The Bertz CT molecular complexity index is 1130. The Morgan fingerprint density at radius 1 is 0.714 bits per heavy atom. The maximum atomic E-state index is 11.6. The predicted molar refractivity (Wildman–Crippen MR) is 142 cm³/mol. The number of rotatable bonds is 9. The summed E-state index contributed by atoms with van der Waals surface area (Å²) in [6, 6.07) is 12.4. The van der Waals surface area contributed by atoms with Crippen LogP contribution in [0.25, 0.3) is 0 Å². The summed E-state index contributed by atoms with van der Waals surface area (Å²) in [5.41, 5.74) is 5.89. The van der Waals surface area contributed by atoms with Crippen molar-refractivity contribution < 1.29 is 28.7 Å². The summed E-state index contributed by atoms with van der Waals surface area (Å²) in [5, 5.41) is 0. The van der Waals surface area contributed by atoms with Crippen molar-refractivity contribution in [3.63, 3.8) is 0 Å². The number of aryl methyl sites for hydroxylation is 4. The van der Waals surface area contributed by atoms with Gasteiger partial charge in [-0.1, -0.05) is 36.4 Å². The van der Waals surface area contributed by atoms with Crippen LogP contribution in [0.5, 0.6) is 0 Å². The Morgan fingerprint density at radius 2 is 1.11 bits per heavy atom. The lowest BCUT2D eigenvalue weighted by molar-refractivity contribution is 0.347. The maximum Gasteiger partial charge on any atom is 0.325 e. The van der Waals surface area contributed by atoms with E-state index in [-0.39, 0.29) is 31.2 Å². The third-order valence-electron chi connectivity index (χ3n) is 6.82. The molecule has 0 saturated heterocycles. The highest BCUT2D eigenvalue weighted by atomic mass is 31.2. The summed E-state index contributed by atoms with van der Waals surface area (Å²) in [5.74, 6) is 0. The molecule has 4 N–H and O–H groups in total. The third kappa shape index (κ3) is 7.50. The molecule has 9 heteroatoms. The van der Waals surface area contributed by atoms with E-state index < -0.39 is 20.6 Å². The monoisotopic (exact) mass is 519 g/mol. The Morgan fingerprint density at radius 3 is 1.46 bits per heavy atom. The predicted octanol–water partition coefficient (Wildman–Crippen LogP) is 5.67. The van der Waals surface area contributed by atoms with Crippen LogP contribution in [0.1, 0.15) is 35.1 Å². The topological polar surface area (TPSA) is 118 Å². The van der Waals surface area contributed by atoms with Crippen molar-refractivity contribution in [3.8, 4) is 0 Å². The highest BCUT2D eigenvalue weighted by Crippen LogP contribution is 2.47. The summed E-state index contributed by atoms with van der Waals surface area (Å²) < 4.78 is 23.1. The first kappa shape index (κ1) is 27.6. The average molecular weight is 520 g/mol. The van der Waals surface area contributed by atoms with Gasteiger partial charge in [-0.2, -0.15) is 0 Å². The molecule has 35 heavy (non-hydrogen) atoms. The Kier molecular flexibility index (Phi) is 8.33. The Hall–Kier alpha value is -1.98. The third-order valence-corrected chi connectivity index (χ3v) is 8.44. The molecule has 0 atom stereocenters. The molecule has 0 radical (unpaired) electrons. The molecule has 0 spiro atoms. The van der Waals surface area contributed by atoms with E-state index in [2.05, 4.69) is 69.0 Å². The van der Waals surface area contributed by atoms with Crippen LogP contribution in [0.4, 0.5) is 11.4 Å². The van der Waals surface area contributed by atoms with Gasteiger partial charge in [0.1, 0.15) is 0 Å². The summed E-state index contributed by atoms with van der Waals surface area (Å²) in [6.07, 6.45) is 7.13. The molecule has 7 nitrogen and oxygen atoms in total. The van der Waals surface area contributed by atoms with E-state index in [0.717, 1.165) is 22.5 Å². The number of hydrogen-bond donors (Lipinski definition) is 4. The van der Waals surface area contributed by atoms with Crippen LogP contribution < -0.4 is 4.90 Å². The number of hydrogen-bond acceptors (Lipinski definition) is 3. The van der Waals surface area contributed by atoms with Crippen LogP contribution in [-0.4, -0.2) is 37.9 Å². The van der Waals surface area contributed by atoms with E-state index in [1.807, 2.05) is 24.3 Å². The smallest absolute Gasteiger partial charge is 0.325 e. The summed E-state index contributed by atoms with van der Waals surface area (Å²) >= 11 is 0. The van der Waals surface area contributed by atoms with Crippen molar-refractivity contribution in [2.24, 2.45) is 5.41 Å². The zero-order valence-electron chi connectivity index (χ0n) is 20.6. The van der Waals surface area contributed by atoms with Gasteiger partial charge in [0.05, 0.1) is 18.4 Å². The van der Waals surface area contributed by atoms with Gasteiger partial charge in [-0.05, 0) is 87.1 Å². The van der Waals surface area contributed by atoms with E-state index in [1.54, 1.807) is 0 Å². The minimum Gasteiger partial charge on any atom is -0.331 e. The standard InChI is InChI=1S/C26H35NO6P2/c1-19-5-7-24(17-21(19)3)27(25-8-6-20(2)22(4)18-25)23-9-11-26(12-10-23,13-15-34(28,29)30)14-16-35(31,32)33/h5-12,17-18,23H,13-16H2,1-4H3,(H2,28,29,30)(H2,31,32,33). The molecule has 0 fully saturated rings. The van der Waals surface area contributed by atoms with E-state index in [9.17, 15) is 28.7 Å². The fourth-order valence-corrected chi connectivity index (χ4v) is 5.70. The quantitative estimate of drug-likeness (QED) is 0.249. The summed E-state index contributed by atoms with van der Waals surface area (Å²) in [4.78, 5) is 39.9. The summed E-state index contributed by atoms with van der Waals surface area (Å²) in [7, 11) is -8.52. The van der Waals surface area contributed by atoms with Gasteiger partial charge in [-0.15, -0.1) is 0 Å². The molecule has 0 aliphatic heterocycles. The minimum atomic E-state index is -4.26. The van der Waals surface area contributed by atoms with Crippen molar-refractivity contribution in [2.75, 3.05) is 17.2 Å². The molecule has 1 aliphatic carbocycles. The van der Waals surface area contributed by atoms with Gasteiger partial charge in [0, 0.05) is 16.8 Å². The Labute approximate surface area is 207 Å². The van der Waals surface area contributed by atoms with Gasteiger partial charge in [0.15, 0.2) is 0 Å². The number of benzene rings is 2. The van der Waals surface area contributed by atoms with Crippen molar-refractivity contribution in [1.29, 1.82) is 0 Å². The van der Waals surface area contributed by atoms with E-state index in [0.29, 0.717) is 0 Å². The lowest BCUT2D eigenvalue weighted by Gasteiger charge is -2.37. The zero-order chi connectivity index (χ0) is 26.0. The molecule has 0 bridgehead atoms. The highest BCUT2D eigenvalue weighted by molar-refractivity contribution is 7.52. The van der Waals surface area contributed by atoms with Crippen LogP contribution in [-0.2, 0) is 9.13 Å². The molecule has 190 valence electrons. The van der Waals surface area contributed by atoms with Crippen molar-refractivity contribution in [2.45, 2.75) is 46.6 Å². The van der Waals surface area contributed by atoms with Crippen LogP contribution in [0.3, 0.4) is 0 Å². The van der Waals surface area contributed by atoms with Gasteiger partial charge >= 0.3 is 15.2 Å². The second kappa shape index (κ2) is 10.6. The maximum absolute atomic E-state index is 11.6. The fourth-order valence-electron chi connectivity index (χ4n) is 4.28. The molecule has 0 unspecified atom stereocenters. The summed E-state index contributed by atoms with van der Waals surface area (Å²) in [6.45, 7) is 8.27. The van der Waals surface area contributed by atoms with Crippen molar-refractivity contribution in [1.82, 2.24) is 0 Å². The highest BCUT2D eigenvalue weighted by Gasteiger charge is 2.33. The second-order valence-corrected chi connectivity index (χ2v) is 13.2. The van der Waals surface area contributed by atoms with Crippen molar-refractivity contribution >= 4 is 26.6 Å². The lowest BCUT2D eigenvalue weighted by atomic mass is 9.78. The largest absolute Gasteiger partial charge is 0.331 e. The number of anilines is 2. The van der Waals surface area contributed by atoms with Crippen LogP contribution >= 0.6 is 15.2 Å².